The lowest BCUT2D eigenvalue weighted by Crippen LogP contribution is -2.09. The molecule has 5 nitrogen and oxygen atoms in total. The van der Waals surface area contributed by atoms with Gasteiger partial charge in [0.25, 0.3) is 0 Å². The molecule has 2 heterocycles. The van der Waals surface area contributed by atoms with Gasteiger partial charge in [0.05, 0.1) is 25.5 Å². The van der Waals surface area contributed by atoms with Crippen molar-refractivity contribution < 1.29 is 9.53 Å². The lowest BCUT2D eigenvalue weighted by molar-refractivity contribution is 0.0593. The van der Waals surface area contributed by atoms with Gasteiger partial charge in [-0.05, 0) is 26.0 Å². The number of carbonyl (C=O) groups is 1. The number of ether oxygens (including phenoxy) is 1. The van der Waals surface area contributed by atoms with Gasteiger partial charge in [-0.3, -0.25) is 0 Å². The Hall–Kier alpha value is -1.95. The molecule has 0 saturated heterocycles. The van der Waals surface area contributed by atoms with E-state index in [2.05, 4.69) is 46.0 Å². The highest BCUT2D eigenvalue weighted by Crippen LogP contribution is 2.24. The Kier molecular flexibility index (Phi) is 4.11. The predicted molar refractivity (Wildman–Crippen MR) is 74.5 cm³/mol. The minimum atomic E-state index is -0.485. The van der Waals surface area contributed by atoms with E-state index in [0.717, 1.165) is 0 Å². The molecule has 100 valence electrons. The van der Waals surface area contributed by atoms with E-state index in [1.165, 1.54) is 29.3 Å². The van der Waals surface area contributed by atoms with E-state index in [-0.39, 0.29) is 11.7 Å². The predicted octanol–water partition coefficient (Wildman–Crippen LogP) is 2.81. The third-order valence-electron chi connectivity index (χ3n) is 2.60. The number of aryl methyl sites for hydroxylation is 1. The Morgan fingerprint density at radius 3 is 2.68 bits per heavy atom. The highest BCUT2D eigenvalue weighted by molar-refractivity contribution is 7.12. The molecule has 2 rings (SSSR count). The summed E-state index contributed by atoms with van der Waals surface area (Å²) >= 11 is 1.74. The fourth-order valence-electron chi connectivity index (χ4n) is 1.59. The molecule has 0 fully saturated rings. The molecule has 0 aromatic carbocycles. The van der Waals surface area contributed by atoms with Crippen LogP contribution in [0.5, 0.6) is 0 Å². The van der Waals surface area contributed by atoms with Gasteiger partial charge in [0, 0.05) is 9.75 Å². The number of hydrogen-bond donors (Lipinski definition) is 1. The minimum Gasteiger partial charge on any atom is -0.464 e. The Morgan fingerprint density at radius 2 is 2.16 bits per heavy atom. The number of anilines is 1. The molecule has 0 bridgehead atoms. The summed E-state index contributed by atoms with van der Waals surface area (Å²) in [7, 11) is 1.32. The molecule has 0 amide bonds. The standard InChI is InChI=1S/C13H15N3O2S/c1-8-4-5-11(19-8)9(2)16-12-7-14-10(6-15-12)13(17)18-3/h4-7,9H,1-3H3,(H,15,16). The second-order valence-electron chi connectivity index (χ2n) is 4.09. The van der Waals surface area contributed by atoms with Gasteiger partial charge in [-0.25, -0.2) is 14.8 Å². The smallest absolute Gasteiger partial charge is 0.358 e. The van der Waals surface area contributed by atoms with Crippen LogP contribution in [0.1, 0.15) is 33.2 Å². The Balaban J connectivity index is 2.05. The summed E-state index contributed by atoms with van der Waals surface area (Å²) in [5.74, 6) is 0.146. The maximum absolute atomic E-state index is 11.2. The summed E-state index contributed by atoms with van der Waals surface area (Å²) in [5, 5.41) is 3.24. The van der Waals surface area contributed by atoms with Crippen LogP contribution in [0.2, 0.25) is 0 Å². The zero-order chi connectivity index (χ0) is 13.8. The molecule has 6 heteroatoms. The average molecular weight is 277 g/mol. The summed E-state index contributed by atoms with van der Waals surface area (Å²) in [6.07, 6.45) is 2.93. The van der Waals surface area contributed by atoms with Crippen LogP contribution in [-0.4, -0.2) is 23.0 Å². The minimum absolute atomic E-state index is 0.150. The number of nitrogens with one attached hydrogen (secondary N) is 1. The number of methoxy groups -OCH3 is 1. The molecule has 1 unspecified atom stereocenters. The second kappa shape index (κ2) is 5.79. The first-order valence-electron chi connectivity index (χ1n) is 5.83. The van der Waals surface area contributed by atoms with Crippen molar-refractivity contribution in [1.29, 1.82) is 0 Å². The molecule has 1 atom stereocenters. The maximum atomic E-state index is 11.2. The van der Waals surface area contributed by atoms with Crippen molar-refractivity contribution in [2.24, 2.45) is 0 Å². The zero-order valence-electron chi connectivity index (χ0n) is 11.0. The third-order valence-corrected chi connectivity index (χ3v) is 3.78. The molecule has 2 aromatic heterocycles. The van der Waals surface area contributed by atoms with Crippen LogP contribution < -0.4 is 5.32 Å². The molecule has 2 aromatic rings. The van der Waals surface area contributed by atoms with Crippen molar-refractivity contribution in [2.45, 2.75) is 19.9 Å². The Labute approximate surface area is 115 Å². The fourth-order valence-corrected chi connectivity index (χ4v) is 2.47. The molecule has 0 saturated carbocycles. The van der Waals surface area contributed by atoms with E-state index in [9.17, 15) is 4.79 Å². The van der Waals surface area contributed by atoms with Crippen LogP contribution in [0, 0.1) is 6.92 Å². The van der Waals surface area contributed by atoms with E-state index in [0.29, 0.717) is 5.82 Å². The molecule has 0 aliphatic carbocycles. The van der Waals surface area contributed by atoms with Gasteiger partial charge in [0.15, 0.2) is 5.69 Å². The van der Waals surface area contributed by atoms with Gasteiger partial charge < -0.3 is 10.1 Å². The summed E-state index contributed by atoms with van der Waals surface area (Å²) in [6.45, 7) is 4.13. The molecule has 0 aliphatic heterocycles. The number of nitrogens with zero attached hydrogens (tertiary/aromatic N) is 2. The van der Waals surface area contributed by atoms with Crippen molar-refractivity contribution in [1.82, 2.24) is 9.97 Å². The topological polar surface area (TPSA) is 64.1 Å². The summed E-state index contributed by atoms with van der Waals surface area (Å²) in [6, 6.07) is 4.33. The van der Waals surface area contributed by atoms with Gasteiger partial charge in [-0.15, -0.1) is 11.3 Å². The first-order valence-corrected chi connectivity index (χ1v) is 6.65. The molecule has 19 heavy (non-hydrogen) atoms. The van der Waals surface area contributed by atoms with Crippen molar-refractivity contribution >= 4 is 23.1 Å². The number of thiophene rings is 1. The first-order chi connectivity index (χ1) is 9.10. The SMILES string of the molecule is COC(=O)c1cnc(NC(C)c2ccc(C)s2)cn1. The normalized spacial score (nSPS) is 11.9. The maximum Gasteiger partial charge on any atom is 0.358 e. The van der Waals surface area contributed by atoms with Gasteiger partial charge in [-0.1, -0.05) is 0 Å². The first kappa shape index (κ1) is 13.5. The Bertz CT molecular complexity index is 566. The molecule has 0 aliphatic rings. The monoisotopic (exact) mass is 277 g/mol. The van der Waals surface area contributed by atoms with Gasteiger partial charge in [-0.2, -0.15) is 0 Å². The summed E-state index contributed by atoms with van der Waals surface area (Å²) < 4.78 is 4.57. The van der Waals surface area contributed by atoms with Crippen LogP contribution in [0.25, 0.3) is 0 Å². The molecular formula is C13H15N3O2S. The summed E-state index contributed by atoms with van der Waals surface area (Å²) in [4.78, 5) is 21.9. The van der Waals surface area contributed by atoms with Crippen LogP contribution >= 0.6 is 11.3 Å². The van der Waals surface area contributed by atoms with Crippen molar-refractivity contribution in [3.05, 3.63) is 40.0 Å². The van der Waals surface area contributed by atoms with Crippen LogP contribution in [0.3, 0.4) is 0 Å². The highest BCUT2D eigenvalue weighted by atomic mass is 32.1. The van der Waals surface area contributed by atoms with Crippen LogP contribution in [0.4, 0.5) is 5.82 Å². The van der Waals surface area contributed by atoms with Crippen LogP contribution in [0.15, 0.2) is 24.5 Å². The summed E-state index contributed by atoms with van der Waals surface area (Å²) in [5.41, 5.74) is 0.202. The van der Waals surface area contributed by atoms with Gasteiger partial charge in [0.2, 0.25) is 0 Å². The quantitative estimate of drug-likeness (QED) is 0.871. The third kappa shape index (κ3) is 3.29. The second-order valence-corrected chi connectivity index (χ2v) is 5.41. The van der Waals surface area contributed by atoms with Crippen molar-refractivity contribution in [2.75, 3.05) is 12.4 Å². The van der Waals surface area contributed by atoms with Gasteiger partial charge in [0.1, 0.15) is 5.82 Å². The highest BCUT2D eigenvalue weighted by Gasteiger charge is 2.10. The molecular weight excluding hydrogens is 262 g/mol. The number of carbonyl (C=O) groups excluding carboxylic acids is 1. The number of hydrogen-bond acceptors (Lipinski definition) is 6. The largest absolute Gasteiger partial charge is 0.464 e. The number of rotatable bonds is 4. The van der Waals surface area contributed by atoms with E-state index in [4.69, 9.17) is 0 Å². The zero-order valence-corrected chi connectivity index (χ0v) is 11.8. The van der Waals surface area contributed by atoms with Crippen molar-refractivity contribution in [3.63, 3.8) is 0 Å². The fraction of sp³-hybridized carbons (Fsp3) is 0.308. The van der Waals surface area contributed by atoms with E-state index < -0.39 is 5.97 Å². The van der Waals surface area contributed by atoms with Crippen molar-refractivity contribution in [3.8, 4) is 0 Å². The molecule has 0 spiro atoms. The molecule has 0 radical (unpaired) electrons. The van der Waals surface area contributed by atoms with Crippen LogP contribution in [-0.2, 0) is 4.74 Å². The van der Waals surface area contributed by atoms with Gasteiger partial charge >= 0.3 is 5.97 Å². The average Bonchev–Trinajstić information content (AvgIpc) is 2.85. The lowest BCUT2D eigenvalue weighted by atomic mass is 10.3. The molecule has 1 N–H and O–H groups in total. The number of esters is 1. The lowest BCUT2D eigenvalue weighted by Gasteiger charge is -2.12. The number of aromatic nitrogens is 2. The van der Waals surface area contributed by atoms with E-state index in [1.54, 1.807) is 11.3 Å². The van der Waals surface area contributed by atoms with E-state index in [1.807, 2.05) is 0 Å². The van der Waals surface area contributed by atoms with E-state index >= 15 is 0 Å². The Morgan fingerprint density at radius 1 is 1.37 bits per heavy atom.